The molecule has 0 fully saturated rings. The van der Waals surface area contributed by atoms with Crippen LogP contribution in [0.15, 0.2) is 12.1 Å². The molecule has 2 aromatic heterocycles. The monoisotopic (exact) mass is 314 g/mol. The minimum Gasteiger partial charge on any atom is -0.481 e. The fraction of sp³-hybridized carbons (Fsp3) is 0.500. The Morgan fingerprint density at radius 2 is 2.15 bits per heavy atom. The standard InChI is InChI=1S/C12H15ClN4O2S/c1-3-12(4-2,11(18)19)7-17-10(14-15-16-17)8-5-6-9(13)20-8/h5-6H,3-4,7H2,1-2H3,(H,18,19). The molecule has 0 aliphatic rings. The number of tetrazole rings is 1. The SMILES string of the molecule is CCC(CC)(Cn1nnnc1-c1ccc(Cl)s1)C(=O)O. The summed E-state index contributed by atoms with van der Waals surface area (Å²) in [6, 6.07) is 3.60. The van der Waals surface area contributed by atoms with E-state index in [-0.39, 0.29) is 6.54 Å². The van der Waals surface area contributed by atoms with E-state index < -0.39 is 11.4 Å². The average Bonchev–Trinajstić information content (AvgIpc) is 3.04. The van der Waals surface area contributed by atoms with Gasteiger partial charge >= 0.3 is 5.97 Å². The number of carboxylic acids is 1. The predicted molar refractivity (Wildman–Crippen MR) is 76.8 cm³/mol. The average molecular weight is 315 g/mol. The molecule has 8 heteroatoms. The number of halogens is 1. The van der Waals surface area contributed by atoms with Crippen molar-refractivity contribution in [3.8, 4) is 10.7 Å². The van der Waals surface area contributed by atoms with Crippen LogP contribution in [0.3, 0.4) is 0 Å². The number of aliphatic carboxylic acids is 1. The first-order chi connectivity index (χ1) is 9.52. The Kier molecular flexibility index (Phi) is 4.39. The van der Waals surface area contributed by atoms with Gasteiger partial charge in [0.1, 0.15) is 0 Å². The van der Waals surface area contributed by atoms with Crippen molar-refractivity contribution >= 4 is 28.9 Å². The van der Waals surface area contributed by atoms with Gasteiger partial charge in [0.25, 0.3) is 0 Å². The topological polar surface area (TPSA) is 80.9 Å². The van der Waals surface area contributed by atoms with E-state index >= 15 is 0 Å². The third kappa shape index (κ3) is 2.69. The Labute approximate surface area is 125 Å². The van der Waals surface area contributed by atoms with Crippen LogP contribution in [0.1, 0.15) is 26.7 Å². The quantitative estimate of drug-likeness (QED) is 0.886. The normalized spacial score (nSPS) is 11.8. The number of aromatic nitrogens is 4. The number of nitrogens with zero attached hydrogens (tertiary/aromatic N) is 4. The molecule has 0 aliphatic carbocycles. The number of carbonyl (C=O) groups is 1. The molecule has 1 N–H and O–H groups in total. The zero-order chi connectivity index (χ0) is 14.8. The van der Waals surface area contributed by atoms with E-state index in [1.165, 1.54) is 11.3 Å². The molecule has 0 aromatic carbocycles. The smallest absolute Gasteiger partial charge is 0.311 e. The molecule has 0 atom stereocenters. The van der Waals surface area contributed by atoms with E-state index in [0.29, 0.717) is 23.0 Å². The molecule has 0 saturated carbocycles. The van der Waals surface area contributed by atoms with Crippen LogP contribution < -0.4 is 0 Å². The Morgan fingerprint density at radius 3 is 2.65 bits per heavy atom. The van der Waals surface area contributed by atoms with Crippen LogP contribution >= 0.6 is 22.9 Å². The lowest BCUT2D eigenvalue weighted by Gasteiger charge is -2.26. The van der Waals surface area contributed by atoms with Gasteiger partial charge in [0.05, 0.1) is 21.2 Å². The molecule has 0 saturated heterocycles. The minimum absolute atomic E-state index is 0.243. The Bertz CT molecular complexity index is 606. The van der Waals surface area contributed by atoms with Gasteiger partial charge in [-0.25, -0.2) is 4.68 Å². The highest BCUT2D eigenvalue weighted by molar-refractivity contribution is 7.19. The molecule has 0 bridgehead atoms. The van der Waals surface area contributed by atoms with Crippen molar-refractivity contribution in [3.63, 3.8) is 0 Å². The molecule has 2 rings (SSSR count). The third-order valence-corrected chi connectivity index (χ3v) is 4.81. The summed E-state index contributed by atoms with van der Waals surface area (Å²) in [7, 11) is 0. The van der Waals surface area contributed by atoms with Crippen molar-refractivity contribution in [2.75, 3.05) is 0 Å². The molecular formula is C12H15ClN4O2S. The number of carboxylic acid groups (broad SMARTS) is 1. The lowest BCUT2D eigenvalue weighted by atomic mass is 9.82. The number of hydrogen-bond acceptors (Lipinski definition) is 5. The highest BCUT2D eigenvalue weighted by Gasteiger charge is 2.36. The van der Waals surface area contributed by atoms with Gasteiger partial charge in [0, 0.05) is 0 Å². The number of hydrogen-bond donors (Lipinski definition) is 1. The van der Waals surface area contributed by atoms with Crippen LogP contribution in [0.5, 0.6) is 0 Å². The van der Waals surface area contributed by atoms with Crippen LogP contribution in [-0.2, 0) is 11.3 Å². The fourth-order valence-corrected chi connectivity index (χ4v) is 3.08. The van der Waals surface area contributed by atoms with Gasteiger partial charge in [0.2, 0.25) is 0 Å². The van der Waals surface area contributed by atoms with Gasteiger partial charge in [-0.15, -0.1) is 16.4 Å². The zero-order valence-electron chi connectivity index (χ0n) is 11.2. The van der Waals surface area contributed by atoms with Gasteiger partial charge in [-0.2, -0.15) is 0 Å². The molecule has 0 spiro atoms. The van der Waals surface area contributed by atoms with E-state index in [0.717, 1.165) is 4.88 Å². The van der Waals surface area contributed by atoms with Crippen molar-refractivity contribution in [2.45, 2.75) is 33.2 Å². The zero-order valence-corrected chi connectivity index (χ0v) is 12.8. The van der Waals surface area contributed by atoms with Crippen LogP contribution in [-0.4, -0.2) is 31.3 Å². The molecular weight excluding hydrogens is 300 g/mol. The van der Waals surface area contributed by atoms with E-state index in [9.17, 15) is 9.90 Å². The van der Waals surface area contributed by atoms with Gasteiger partial charge in [0.15, 0.2) is 5.82 Å². The van der Waals surface area contributed by atoms with Gasteiger partial charge in [-0.05, 0) is 35.4 Å². The first-order valence-electron chi connectivity index (χ1n) is 6.27. The van der Waals surface area contributed by atoms with Crippen LogP contribution in [0.4, 0.5) is 0 Å². The summed E-state index contributed by atoms with van der Waals surface area (Å²) >= 11 is 7.28. The molecule has 0 aliphatic heterocycles. The Hall–Kier alpha value is -1.47. The summed E-state index contributed by atoms with van der Waals surface area (Å²) in [6.07, 6.45) is 1.03. The summed E-state index contributed by atoms with van der Waals surface area (Å²) < 4.78 is 2.19. The fourth-order valence-electron chi connectivity index (χ4n) is 2.05. The first kappa shape index (κ1) is 14.9. The van der Waals surface area contributed by atoms with Crippen LogP contribution in [0.25, 0.3) is 10.7 Å². The summed E-state index contributed by atoms with van der Waals surface area (Å²) in [5.41, 5.74) is -0.856. The number of thiophene rings is 1. The van der Waals surface area contributed by atoms with Crippen molar-refractivity contribution in [3.05, 3.63) is 16.5 Å². The lowest BCUT2D eigenvalue weighted by molar-refractivity contribution is -0.150. The molecule has 2 heterocycles. The Balaban J connectivity index is 2.35. The molecule has 2 aromatic rings. The first-order valence-corrected chi connectivity index (χ1v) is 7.47. The van der Waals surface area contributed by atoms with Gasteiger partial charge < -0.3 is 5.11 Å². The van der Waals surface area contributed by atoms with Crippen molar-refractivity contribution in [2.24, 2.45) is 5.41 Å². The second kappa shape index (κ2) is 5.88. The number of rotatable bonds is 6. The van der Waals surface area contributed by atoms with Crippen LogP contribution in [0, 0.1) is 5.41 Å². The molecule has 0 unspecified atom stereocenters. The van der Waals surface area contributed by atoms with Crippen molar-refractivity contribution < 1.29 is 9.90 Å². The molecule has 0 amide bonds. The van der Waals surface area contributed by atoms with E-state index in [2.05, 4.69) is 15.5 Å². The Morgan fingerprint density at radius 1 is 1.45 bits per heavy atom. The lowest BCUT2D eigenvalue weighted by Crippen LogP contribution is -2.35. The van der Waals surface area contributed by atoms with Gasteiger partial charge in [-0.1, -0.05) is 25.4 Å². The summed E-state index contributed by atoms with van der Waals surface area (Å²) in [4.78, 5) is 12.4. The highest BCUT2D eigenvalue weighted by atomic mass is 35.5. The largest absolute Gasteiger partial charge is 0.481 e. The minimum atomic E-state index is -0.856. The maximum absolute atomic E-state index is 11.6. The third-order valence-electron chi connectivity index (χ3n) is 3.59. The predicted octanol–water partition coefficient (Wildman–Crippen LogP) is 2.95. The highest BCUT2D eigenvalue weighted by Crippen LogP contribution is 2.33. The van der Waals surface area contributed by atoms with Crippen molar-refractivity contribution in [1.29, 1.82) is 0 Å². The van der Waals surface area contributed by atoms with Crippen molar-refractivity contribution in [1.82, 2.24) is 20.2 Å². The second-order valence-electron chi connectivity index (χ2n) is 4.56. The summed E-state index contributed by atoms with van der Waals surface area (Å²) in [5.74, 6) is -0.275. The van der Waals surface area contributed by atoms with Crippen LogP contribution in [0.2, 0.25) is 4.34 Å². The van der Waals surface area contributed by atoms with E-state index in [4.69, 9.17) is 11.6 Å². The maximum atomic E-state index is 11.6. The van der Waals surface area contributed by atoms with E-state index in [1.54, 1.807) is 10.7 Å². The second-order valence-corrected chi connectivity index (χ2v) is 6.27. The maximum Gasteiger partial charge on any atom is 0.311 e. The summed E-state index contributed by atoms with van der Waals surface area (Å²) in [5, 5.41) is 21.0. The van der Waals surface area contributed by atoms with Gasteiger partial charge in [-0.3, -0.25) is 4.79 Å². The molecule has 6 nitrogen and oxygen atoms in total. The molecule has 0 radical (unpaired) electrons. The summed E-state index contributed by atoms with van der Waals surface area (Å²) in [6.45, 7) is 3.97. The van der Waals surface area contributed by atoms with E-state index in [1.807, 2.05) is 19.9 Å². The molecule has 20 heavy (non-hydrogen) atoms. The molecule has 108 valence electrons.